The van der Waals surface area contributed by atoms with Gasteiger partial charge in [0.15, 0.2) is 23.3 Å². The average Bonchev–Trinajstić information content (AvgIpc) is 2.87. The van der Waals surface area contributed by atoms with Gasteiger partial charge < -0.3 is 15.1 Å². The molecule has 4 rings (SSSR count). The number of piperazine rings is 1. The van der Waals surface area contributed by atoms with Crippen LogP contribution >= 0.6 is 23.2 Å². The quantitative estimate of drug-likeness (QED) is 0.133. The van der Waals surface area contributed by atoms with Crippen molar-refractivity contribution in [2.45, 2.75) is 0 Å². The Morgan fingerprint density at radius 1 is 0.811 bits per heavy atom. The number of non-ortho nitro benzene ring substituents is 1. The number of hydrogen-bond donors (Lipinski definition) is 1. The molecule has 1 N–H and O–H groups in total. The van der Waals surface area contributed by atoms with Crippen LogP contribution in [0, 0.1) is 39.2 Å². The highest BCUT2D eigenvalue weighted by Gasteiger charge is 2.31. The van der Waals surface area contributed by atoms with E-state index in [2.05, 4.69) is 5.32 Å². The summed E-state index contributed by atoms with van der Waals surface area (Å²) in [6.07, 6.45) is 0. The van der Waals surface area contributed by atoms with Crippen LogP contribution in [0.25, 0.3) is 0 Å². The van der Waals surface area contributed by atoms with Crippen molar-refractivity contribution in [1.82, 2.24) is 0 Å². The van der Waals surface area contributed by atoms with Crippen LogP contribution in [0.15, 0.2) is 36.4 Å². The molecule has 1 aliphatic heterocycles. The third-order valence-corrected chi connectivity index (χ3v) is 6.35. The van der Waals surface area contributed by atoms with E-state index >= 15 is 0 Å². The van der Waals surface area contributed by atoms with Gasteiger partial charge >= 0.3 is 0 Å². The zero-order valence-electron chi connectivity index (χ0n) is 18.5. The van der Waals surface area contributed by atoms with Crippen LogP contribution in [0.1, 0.15) is 10.4 Å². The minimum atomic E-state index is -2.22. The number of carbonyl (C=O) groups is 1. The van der Waals surface area contributed by atoms with E-state index in [0.717, 1.165) is 17.0 Å². The van der Waals surface area contributed by atoms with Gasteiger partial charge in [-0.05, 0) is 24.3 Å². The standard InChI is InChI=1S/C23H15Cl2F5N4O3/c24-14-10-12(34(36)37)2-3-13(14)23(35)31-11-1-4-16(15(25)9-11)32-5-7-33(8-6-32)22-20(29)18(27)17(26)19(28)21(22)30/h1-4,9-10H,5-8H2,(H,31,35). The molecule has 0 bridgehead atoms. The molecule has 0 saturated carbocycles. The maximum absolute atomic E-state index is 14.2. The van der Waals surface area contributed by atoms with Gasteiger partial charge in [0.2, 0.25) is 5.82 Å². The van der Waals surface area contributed by atoms with Crippen LogP contribution in [-0.4, -0.2) is 37.0 Å². The molecule has 1 heterocycles. The van der Waals surface area contributed by atoms with E-state index in [-0.39, 0.29) is 47.5 Å². The molecule has 7 nitrogen and oxygen atoms in total. The van der Waals surface area contributed by atoms with Crippen molar-refractivity contribution < 1.29 is 31.7 Å². The minimum Gasteiger partial charge on any atom is -0.367 e. The van der Waals surface area contributed by atoms with Crippen molar-refractivity contribution in [1.29, 1.82) is 0 Å². The van der Waals surface area contributed by atoms with Gasteiger partial charge in [0, 0.05) is 44.0 Å². The number of hydrogen-bond acceptors (Lipinski definition) is 5. The van der Waals surface area contributed by atoms with E-state index in [1.54, 1.807) is 11.0 Å². The predicted molar refractivity (Wildman–Crippen MR) is 128 cm³/mol. The summed E-state index contributed by atoms with van der Waals surface area (Å²) in [6, 6.07) is 7.99. The molecule has 14 heteroatoms. The molecule has 37 heavy (non-hydrogen) atoms. The van der Waals surface area contributed by atoms with Gasteiger partial charge in [0.05, 0.1) is 26.2 Å². The number of nitrogens with zero attached hydrogens (tertiary/aromatic N) is 3. The van der Waals surface area contributed by atoms with Gasteiger partial charge in [-0.3, -0.25) is 14.9 Å². The Balaban J connectivity index is 1.45. The molecule has 194 valence electrons. The van der Waals surface area contributed by atoms with Crippen LogP contribution in [0.2, 0.25) is 10.0 Å². The van der Waals surface area contributed by atoms with E-state index in [0.29, 0.717) is 11.4 Å². The summed E-state index contributed by atoms with van der Waals surface area (Å²) in [7, 11) is 0. The fourth-order valence-corrected chi connectivity index (χ4v) is 4.44. The number of benzene rings is 3. The van der Waals surface area contributed by atoms with E-state index in [1.807, 2.05) is 0 Å². The summed E-state index contributed by atoms with van der Waals surface area (Å²) in [5.74, 6) is -10.6. The first-order chi connectivity index (χ1) is 17.5. The van der Waals surface area contributed by atoms with Gasteiger partial charge in [-0.15, -0.1) is 0 Å². The first-order valence-corrected chi connectivity index (χ1v) is 11.3. The Morgan fingerprint density at radius 3 is 1.92 bits per heavy atom. The van der Waals surface area contributed by atoms with Crippen molar-refractivity contribution >= 4 is 51.9 Å². The highest BCUT2D eigenvalue weighted by Crippen LogP contribution is 2.34. The first kappa shape index (κ1) is 26.4. The lowest BCUT2D eigenvalue weighted by molar-refractivity contribution is -0.384. The van der Waals surface area contributed by atoms with Gasteiger partial charge in [-0.2, -0.15) is 0 Å². The van der Waals surface area contributed by atoms with Crippen molar-refractivity contribution in [2.24, 2.45) is 0 Å². The molecule has 0 aliphatic carbocycles. The van der Waals surface area contributed by atoms with Crippen molar-refractivity contribution in [3.8, 4) is 0 Å². The second-order valence-electron chi connectivity index (χ2n) is 7.93. The topological polar surface area (TPSA) is 78.7 Å². The van der Waals surface area contributed by atoms with Crippen LogP contribution in [-0.2, 0) is 0 Å². The fourth-order valence-electron chi connectivity index (χ4n) is 3.88. The van der Waals surface area contributed by atoms with E-state index in [4.69, 9.17) is 23.2 Å². The van der Waals surface area contributed by atoms with Gasteiger partial charge in [-0.1, -0.05) is 23.2 Å². The maximum atomic E-state index is 14.2. The number of rotatable bonds is 5. The Bertz CT molecular complexity index is 1390. The van der Waals surface area contributed by atoms with Crippen molar-refractivity contribution in [3.63, 3.8) is 0 Å². The SMILES string of the molecule is O=C(Nc1ccc(N2CCN(c3c(F)c(F)c(F)c(F)c3F)CC2)c(Cl)c1)c1ccc([N+](=O)[O-])cc1Cl. The van der Waals surface area contributed by atoms with Crippen LogP contribution in [0.3, 0.4) is 0 Å². The number of amides is 1. The predicted octanol–water partition coefficient (Wildman–Crippen LogP) is 6.18. The number of anilines is 3. The maximum Gasteiger partial charge on any atom is 0.270 e. The summed E-state index contributed by atoms with van der Waals surface area (Å²) in [5, 5.41) is 13.5. The van der Waals surface area contributed by atoms with E-state index in [1.165, 1.54) is 18.2 Å². The molecule has 3 aromatic rings. The smallest absolute Gasteiger partial charge is 0.270 e. The molecular weight excluding hydrogens is 546 g/mol. The zero-order chi connectivity index (χ0) is 27.0. The third-order valence-electron chi connectivity index (χ3n) is 5.74. The molecule has 0 spiro atoms. The summed E-state index contributed by atoms with van der Waals surface area (Å²) in [6.45, 7) is 0.213. The first-order valence-electron chi connectivity index (χ1n) is 10.6. The number of carbonyl (C=O) groups excluding carboxylic acids is 1. The number of nitro groups is 1. The lowest BCUT2D eigenvalue weighted by Gasteiger charge is -2.38. The molecule has 1 aliphatic rings. The van der Waals surface area contributed by atoms with Gasteiger partial charge in [-0.25, -0.2) is 22.0 Å². The Labute approximate surface area is 216 Å². The summed E-state index contributed by atoms with van der Waals surface area (Å²) < 4.78 is 68.8. The monoisotopic (exact) mass is 560 g/mol. The third kappa shape index (κ3) is 5.12. The molecular formula is C23H15Cl2F5N4O3. The fraction of sp³-hybridized carbons (Fsp3) is 0.174. The largest absolute Gasteiger partial charge is 0.367 e. The molecule has 0 unspecified atom stereocenters. The lowest BCUT2D eigenvalue weighted by atomic mass is 10.1. The summed E-state index contributed by atoms with van der Waals surface area (Å²) in [4.78, 5) is 25.6. The summed E-state index contributed by atoms with van der Waals surface area (Å²) in [5.41, 5.74) is -0.422. The van der Waals surface area contributed by atoms with Crippen LogP contribution < -0.4 is 15.1 Å². The Morgan fingerprint density at radius 2 is 1.38 bits per heavy atom. The average molecular weight is 561 g/mol. The number of halogens is 7. The van der Waals surface area contributed by atoms with Crippen LogP contribution in [0.4, 0.5) is 44.7 Å². The van der Waals surface area contributed by atoms with Gasteiger partial charge in [0.1, 0.15) is 5.69 Å². The minimum absolute atomic E-state index is 0.0109. The molecule has 0 radical (unpaired) electrons. The van der Waals surface area contributed by atoms with E-state index < -0.39 is 45.6 Å². The van der Waals surface area contributed by atoms with Crippen molar-refractivity contribution in [3.05, 3.63) is 91.2 Å². The summed E-state index contributed by atoms with van der Waals surface area (Å²) >= 11 is 12.4. The normalized spacial score (nSPS) is 13.6. The van der Waals surface area contributed by atoms with Gasteiger partial charge in [0.25, 0.3) is 11.6 Å². The highest BCUT2D eigenvalue weighted by atomic mass is 35.5. The molecule has 1 amide bonds. The van der Waals surface area contributed by atoms with E-state index in [9.17, 15) is 36.9 Å². The zero-order valence-corrected chi connectivity index (χ0v) is 20.0. The molecule has 3 aromatic carbocycles. The Kier molecular flexibility index (Phi) is 7.42. The van der Waals surface area contributed by atoms with Crippen LogP contribution in [0.5, 0.6) is 0 Å². The second kappa shape index (κ2) is 10.4. The van der Waals surface area contributed by atoms with Crippen molar-refractivity contribution in [2.75, 3.05) is 41.3 Å². The number of nitrogens with one attached hydrogen (secondary N) is 1. The molecule has 0 aromatic heterocycles. The number of nitro benzene ring substituents is 1. The molecule has 1 fully saturated rings. The Hall–Kier alpha value is -3.64. The lowest BCUT2D eigenvalue weighted by Crippen LogP contribution is -2.47. The highest BCUT2D eigenvalue weighted by molar-refractivity contribution is 6.35. The second-order valence-corrected chi connectivity index (χ2v) is 8.75. The molecule has 1 saturated heterocycles. The molecule has 0 atom stereocenters.